The molecule has 0 spiro atoms. The molecule has 0 aliphatic carbocycles. The van der Waals surface area contributed by atoms with E-state index in [1.54, 1.807) is 6.20 Å². The number of hydrogen-bond acceptors (Lipinski definition) is 2. The van der Waals surface area contributed by atoms with E-state index in [9.17, 15) is 0 Å². The molecule has 2 nitrogen and oxygen atoms in total. The van der Waals surface area contributed by atoms with E-state index in [4.69, 9.17) is 11.6 Å². The lowest BCUT2D eigenvalue weighted by Crippen LogP contribution is -2.31. The first kappa shape index (κ1) is 12.5. The molecule has 0 aliphatic rings. The van der Waals surface area contributed by atoms with Gasteiger partial charge in [0.25, 0.3) is 0 Å². The molecular weight excluding hydrogens is 208 g/mol. The highest BCUT2D eigenvalue weighted by Crippen LogP contribution is 2.11. The lowest BCUT2D eigenvalue weighted by molar-refractivity contribution is 0.401. The van der Waals surface area contributed by atoms with E-state index in [0.717, 1.165) is 18.5 Å². The molecule has 1 aromatic heterocycles. The summed E-state index contributed by atoms with van der Waals surface area (Å²) in [5, 5.41) is 4.03. The Morgan fingerprint density at radius 1 is 1.40 bits per heavy atom. The normalized spacial score (nSPS) is 13.1. The zero-order chi connectivity index (χ0) is 11.3. The fourth-order valence-corrected chi connectivity index (χ4v) is 1.78. The van der Waals surface area contributed by atoms with Gasteiger partial charge in [0.2, 0.25) is 0 Å². The van der Waals surface area contributed by atoms with Gasteiger partial charge in [0.05, 0.1) is 5.02 Å². The minimum Gasteiger partial charge on any atom is -0.317 e. The van der Waals surface area contributed by atoms with Crippen LogP contribution in [0.15, 0.2) is 18.3 Å². The molecule has 0 fully saturated rings. The summed E-state index contributed by atoms with van der Waals surface area (Å²) in [4.78, 5) is 4.28. The summed E-state index contributed by atoms with van der Waals surface area (Å²) in [7, 11) is 2.01. The number of nitrogens with zero attached hydrogens (tertiary/aromatic N) is 1. The highest BCUT2D eigenvalue weighted by Gasteiger charge is 2.10. The molecule has 1 N–H and O–H groups in total. The fourth-order valence-electron chi connectivity index (χ4n) is 1.67. The van der Waals surface area contributed by atoms with Gasteiger partial charge in [-0.15, -0.1) is 0 Å². The van der Waals surface area contributed by atoms with Crippen LogP contribution in [-0.4, -0.2) is 18.1 Å². The summed E-state index contributed by atoms with van der Waals surface area (Å²) < 4.78 is 0. The molecule has 84 valence electrons. The topological polar surface area (TPSA) is 24.9 Å². The molecule has 1 heterocycles. The first-order valence-electron chi connectivity index (χ1n) is 5.41. The van der Waals surface area contributed by atoms with Gasteiger partial charge >= 0.3 is 0 Å². The zero-order valence-corrected chi connectivity index (χ0v) is 10.4. The van der Waals surface area contributed by atoms with Crippen LogP contribution in [0.4, 0.5) is 0 Å². The molecule has 0 aliphatic heterocycles. The minimum absolute atomic E-state index is 0.558. The molecule has 3 heteroatoms. The molecule has 0 bridgehead atoms. The van der Waals surface area contributed by atoms with E-state index in [1.807, 2.05) is 19.2 Å². The average molecular weight is 227 g/mol. The lowest BCUT2D eigenvalue weighted by atomic mass is 9.98. The van der Waals surface area contributed by atoms with E-state index < -0.39 is 0 Å². The van der Waals surface area contributed by atoms with Gasteiger partial charge in [-0.1, -0.05) is 25.4 Å². The Kier molecular flexibility index (Phi) is 5.06. The van der Waals surface area contributed by atoms with Gasteiger partial charge < -0.3 is 5.32 Å². The van der Waals surface area contributed by atoms with Crippen molar-refractivity contribution in [3.05, 3.63) is 29.0 Å². The predicted octanol–water partition coefficient (Wildman–Crippen LogP) is 2.91. The molecule has 0 amide bonds. The van der Waals surface area contributed by atoms with Gasteiger partial charge in [0.1, 0.15) is 0 Å². The fraction of sp³-hybridized carbons (Fsp3) is 0.583. The number of aromatic nitrogens is 1. The van der Waals surface area contributed by atoms with E-state index in [1.165, 1.54) is 0 Å². The van der Waals surface area contributed by atoms with Crippen molar-refractivity contribution in [1.29, 1.82) is 0 Å². The van der Waals surface area contributed by atoms with Crippen LogP contribution in [0.2, 0.25) is 5.02 Å². The molecule has 0 saturated carbocycles. The van der Waals surface area contributed by atoms with Crippen LogP contribution in [0.3, 0.4) is 0 Å². The Bertz CT molecular complexity index is 282. The largest absolute Gasteiger partial charge is 0.317 e. The van der Waals surface area contributed by atoms with Crippen LogP contribution >= 0.6 is 11.6 Å². The van der Waals surface area contributed by atoms with E-state index >= 15 is 0 Å². The van der Waals surface area contributed by atoms with Gasteiger partial charge in [0.15, 0.2) is 0 Å². The van der Waals surface area contributed by atoms with Crippen molar-refractivity contribution in [2.24, 2.45) is 5.92 Å². The maximum atomic E-state index is 5.78. The Morgan fingerprint density at radius 2 is 2.13 bits per heavy atom. The van der Waals surface area contributed by atoms with Crippen molar-refractivity contribution in [3.8, 4) is 0 Å². The number of pyridine rings is 1. The average Bonchev–Trinajstić information content (AvgIpc) is 2.21. The molecule has 1 atom stereocenters. The third kappa shape index (κ3) is 4.18. The Labute approximate surface area is 97.1 Å². The van der Waals surface area contributed by atoms with E-state index in [2.05, 4.69) is 24.1 Å². The second kappa shape index (κ2) is 6.09. The Morgan fingerprint density at radius 3 is 2.60 bits per heavy atom. The maximum Gasteiger partial charge on any atom is 0.0589 e. The summed E-state index contributed by atoms with van der Waals surface area (Å²) >= 11 is 5.78. The minimum atomic E-state index is 0.558. The second-order valence-electron chi connectivity index (χ2n) is 4.15. The summed E-state index contributed by atoms with van der Waals surface area (Å²) in [6.45, 7) is 4.47. The van der Waals surface area contributed by atoms with Crippen LogP contribution in [0.5, 0.6) is 0 Å². The standard InChI is InChI=1S/C12H19ClN2/c1-9(2)12(14-3)7-6-11-5-4-10(13)8-15-11/h4-5,8-9,12,14H,6-7H2,1-3H3/t12-/m1/s1. The number of nitrogens with one attached hydrogen (secondary N) is 1. The molecule has 0 unspecified atom stereocenters. The summed E-state index contributed by atoms with van der Waals surface area (Å²) in [6.07, 6.45) is 3.82. The molecule has 15 heavy (non-hydrogen) atoms. The molecule has 0 radical (unpaired) electrons. The van der Waals surface area contributed by atoms with Crippen molar-refractivity contribution in [2.45, 2.75) is 32.7 Å². The Balaban J connectivity index is 2.45. The monoisotopic (exact) mass is 226 g/mol. The van der Waals surface area contributed by atoms with E-state index in [0.29, 0.717) is 17.0 Å². The van der Waals surface area contributed by atoms with Gasteiger partial charge in [-0.2, -0.15) is 0 Å². The summed E-state index contributed by atoms with van der Waals surface area (Å²) in [5.74, 6) is 0.655. The molecule has 1 aromatic rings. The van der Waals surface area contributed by atoms with Crippen LogP contribution in [0.25, 0.3) is 0 Å². The van der Waals surface area contributed by atoms with Crippen molar-refractivity contribution in [3.63, 3.8) is 0 Å². The Hall–Kier alpha value is -0.600. The summed E-state index contributed by atoms with van der Waals surface area (Å²) in [5.41, 5.74) is 1.11. The molecule has 0 saturated heterocycles. The van der Waals surface area contributed by atoms with Crippen molar-refractivity contribution < 1.29 is 0 Å². The lowest BCUT2D eigenvalue weighted by Gasteiger charge is -2.19. The second-order valence-corrected chi connectivity index (χ2v) is 4.58. The number of aryl methyl sites for hydroxylation is 1. The number of hydrogen-bond donors (Lipinski definition) is 1. The quantitative estimate of drug-likeness (QED) is 0.835. The van der Waals surface area contributed by atoms with Gasteiger partial charge in [-0.05, 0) is 37.9 Å². The number of rotatable bonds is 5. The van der Waals surface area contributed by atoms with Gasteiger partial charge in [-0.25, -0.2) is 0 Å². The number of halogens is 1. The van der Waals surface area contributed by atoms with Crippen molar-refractivity contribution >= 4 is 11.6 Å². The SMILES string of the molecule is CN[C@H](CCc1ccc(Cl)cn1)C(C)C. The van der Waals surface area contributed by atoms with E-state index in [-0.39, 0.29) is 0 Å². The molecule has 0 aromatic carbocycles. The van der Waals surface area contributed by atoms with Gasteiger partial charge in [0, 0.05) is 17.9 Å². The van der Waals surface area contributed by atoms with Crippen LogP contribution in [-0.2, 0) is 6.42 Å². The van der Waals surface area contributed by atoms with Crippen molar-refractivity contribution in [1.82, 2.24) is 10.3 Å². The zero-order valence-electron chi connectivity index (χ0n) is 9.63. The predicted molar refractivity (Wildman–Crippen MR) is 65.3 cm³/mol. The van der Waals surface area contributed by atoms with Crippen LogP contribution in [0.1, 0.15) is 26.0 Å². The van der Waals surface area contributed by atoms with Crippen LogP contribution in [0, 0.1) is 5.92 Å². The smallest absolute Gasteiger partial charge is 0.0589 e. The first-order chi connectivity index (χ1) is 7.13. The van der Waals surface area contributed by atoms with Crippen LogP contribution < -0.4 is 5.32 Å². The third-order valence-corrected chi connectivity index (χ3v) is 2.90. The highest BCUT2D eigenvalue weighted by atomic mass is 35.5. The maximum absolute atomic E-state index is 5.78. The highest BCUT2D eigenvalue weighted by molar-refractivity contribution is 6.30. The molecular formula is C12H19ClN2. The summed E-state index contributed by atoms with van der Waals surface area (Å²) in [6, 6.07) is 4.45. The van der Waals surface area contributed by atoms with Gasteiger partial charge in [-0.3, -0.25) is 4.98 Å². The first-order valence-corrected chi connectivity index (χ1v) is 5.79. The molecule has 1 rings (SSSR count). The van der Waals surface area contributed by atoms with Crippen molar-refractivity contribution in [2.75, 3.05) is 7.05 Å². The third-order valence-electron chi connectivity index (χ3n) is 2.68.